The lowest BCUT2D eigenvalue weighted by molar-refractivity contribution is -0.161. The van der Waals surface area contributed by atoms with E-state index in [9.17, 15) is 43.2 Å². The molecule has 106 heavy (non-hydrogen) atoms. The summed E-state index contributed by atoms with van der Waals surface area (Å²) in [6.07, 6.45) is 68.2. The largest absolute Gasteiger partial charge is 0.472 e. The van der Waals surface area contributed by atoms with Crippen LogP contribution in [0.3, 0.4) is 0 Å². The minimum absolute atomic E-state index is 0.107. The fourth-order valence-electron chi connectivity index (χ4n) is 13.5. The molecule has 0 saturated carbocycles. The molecule has 0 bridgehead atoms. The van der Waals surface area contributed by atoms with Gasteiger partial charge in [-0.1, -0.05) is 408 Å². The Balaban J connectivity index is 5.21. The number of phosphoric ester groups is 2. The molecule has 19 heteroatoms. The van der Waals surface area contributed by atoms with Crippen LogP contribution in [-0.2, 0) is 65.4 Å². The average Bonchev–Trinajstić information content (AvgIpc) is 0.902. The van der Waals surface area contributed by atoms with Gasteiger partial charge in [-0.2, -0.15) is 0 Å². The molecule has 17 nitrogen and oxygen atoms in total. The van der Waals surface area contributed by atoms with Crippen LogP contribution < -0.4 is 0 Å². The number of aliphatic hydroxyl groups is 1. The molecule has 0 aliphatic heterocycles. The second-order valence-corrected chi connectivity index (χ2v) is 35.4. The van der Waals surface area contributed by atoms with E-state index in [1.54, 1.807) is 0 Å². The van der Waals surface area contributed by atoms with E-state index in [2.05, 4.69) is 48.5 Å². The molecule has 0 spiro atoms. The molecule has 0 radical (unpaired) electrons. The third-order valence-electron chi connectivity index (χ3n) is 20.7. The Morgan fingerprint density at radius 2 is 0.481 bits per heavy atom. The van der Waals surface area contributed by atoms with Crippen molar-refractivity contribution >= 4 is 39.5 Å². The molecule has 630 valence electrons. The van der Waals surface area contributed by atoms with Crippen LogP contribution in [0.2, 0.25) is 0 Å². The molecule has 3 unspecified atom stereocenters. The van der Waals surface area contributed by atoms with Gasteiger partial charge >= 0.3 is 39.5 Å². The highest BCUT2D eigenvalue weighted by Crippen LogP contribution is 2.45. The Bertz CT molecular complexity index is 2050. The van der Waals surface area contributed by atoms with Gasteiger partial charge in [-0.25, -0.2) is 9.13 Å². The van der Waals surface area contributed by atoms with Crippen LogP contribution in [0.5, 0.6) is 0 Å². The maximum absolute atomic E-state index is 13.2. The van der Waals surface area contributed by atoms with Crippen molar-refractivity contribution < 1.29 is 80.2 Å². The topological polar surface area (TPSA) is 237 Å². The Labute approximate surface area is 651 Å². The molecule has 3 N–H and O–H groups in total. The van der Waals surface area contributed by atoms with Crippen molar-refractivity contribution in [1.82, 2.24) is 0 Å². The lowest BCUT2D eigenvalue weighted by Gasteiger charge is -2.21. The van der Waals surface area contributed by atoms with Crippen LogP contribution in [0.1, 0.15) is 459 Å². The summed E-state index contributed by atoms with van der Waals surface area (Å²) in [6, 6.07) is 0. The lowest BCUT2D eigenvalue weighted by Crippen LogP contribution is -2.30. The standard InChI is InChI=1S/C87H170O17P2/c1-8-10-11-12-13-14-15-16-17-18-19-20-21-26-32-37-42-47-56-63-70-86(91)103-82(74-97-84(89)68-61-54-46-41-36-31-25-23-22-24-29-34-39-44-51-58-65-78(3)4)76-101-105(93,94)99-72-81(88)73-100-106(95,96)102-77-83(75-98-85(90)69-62-55-50-49-52-59-66-79(5)6)104-87(92)71-64-57-48-43-38-33-28-27-30-35-40-45-53-60-67-80(7)9-2/h78-83,88H,8-77H2,1-7H3,(H,93,94)(H,95,96)/t80?,81-,82-,83-/m1/s1. The molecule has 0 amide bonds. The van der Waals surface area contributed by atoms with Crippen LogP contribution in [0.4, 0.5) is 0 Å². The number of carbonyl (C=O) groups excluding carboxylic acids is 4. The zero-order chi connectivity index (χ0) is 77.9. The Hall–Kier alpha value is -1.94. The molecule has 0 rings (SSSR count). The summed E-state index contributed by atoms with van der Waals surface area (Å²) in [6.45, 7) is 12.0. The Morgan fingerprint density at radius 3 is 0.717 bits per heavy atom. The third kappa shape index (κ3) is 78.7. The molecular weight excluding hydrogens is 1380 g/mol. The number of carbonyl (C=O) groups is 4. The van der Waals surface area contributed by atoms with Gasteiger partial charge in [-0.05, 0) is 43.4 Å². The number of hydrogen-bond donors (Lipinski definition) is 3. The first-order valence-electron chi connectivity index (χ1n) is 44.9. The van der Waals surface area contributed by atoms with Crippen molar-refractivity contribution in [3.05, 3.63) is 0 Å². The van der Waals surface area contributed by atoms with E-state index in [4.69, 9.17) is 37.0 Å². The van der Waals surface area contributed by atoms with Crippen molar-refractivity contribution in [2.45, 2.75) is 478 Å². The van der Waals surface area contributed by atoms with Gasteiger partial charge in [0, 0.05) is 25.7 Å². The fourth-order valence-corrected chi connectivity index (χ4v) is 15.1. The van der Waals surface area contributed by atoms with Gasteiger partial charge in [0.2, 0.25) is 0 Å². The first-order valence-corrected chi connectivity index (χ1v) is 47.9. The minimum atomic E-state index is -4.97. The number of phosphoric acid groups is 2. The van der Waals surface area contributed by atoms with Crippen LogP contribution in [0, 0.1) is 17.8 Å². The van der Waals surface area contributed by atoms with Crippen LogP contribution in [0.15, 0.2) is 0 Å². The highest BCUT2D eigenvalue weighted by molar-refractivity contribution is 7.47. The van der Waals surface area contributed by atoms with E-state index in [1.165, 1.54) is 263 Å². The number of esters is 4. The normalized spacial score (nSPS) is 14.1. The number of hydrogen-bond acceptors (Lipinski definition) is 15. The summed E-state index contributed by atoms with van der Waals surface area (Å²) in [5, 5.41) is 10.7. The van der Waals surface area contributed by atoms with Crippen molar-refractivity contribution in [3.8, 4) is 0 Å². The van der Waals surface area contributed by atoms with Gasteiger partial charge in [0.25, 0.3) is 0 Å². The van der Waals surface area contributed by atoms with E-state index >= 15 is 0 Å². The van der Waals surface area contributed by atoms with Gasteiger partial charge in [-0.3, -0.25) is 37.3 Å². The molecule has 0 aromatic heterocycles. The molecule has 0 heterocycles. The molecule has 0 aliphatic carbocycles. The summed E-state index contributed by atoms with van der Waals surface area (Å²) < 4.78 is 68.9. The first-order chi connectivity index (χ1) is 51.3. The summed E-state index contributed by atoms with van der Waals surface area (Å²) in [5.74, 6) is 0.232. The predicted molar refractivity (Wildman–Crippen MR) is 437 cm³/mol. The summed E-state index contributed by atoms with van der Waals surface area (Å²) in [7, 11) is -9.93. The summed E-state index contributed by atoms with van der Waals surface area (Å²) in [5.41, 5.74) is 0. The minimum Gasteiger partial charge on any atom is -0.462 e. The molecule has 0 aromatic carbocycles. The zero-order valence-electron chi connectivity index (χ0n) is 69.9. The van der Waals surface area contributed by atoms with Gasteiger partial charge in [-0.15, -0.1) is 0 Å². The predicted octanol–water partition coefficient (Wildman–Crippen LogP) is 26.5. The quantitative estimate of drug-likeness (QED) is 0.0222. The van der Waals surface area contributed by atoms with E-state index in [0.717, 1.165) is 108 Å². The van der Waals surface area contributed by atoms with Crippen LogP contribution in [0.25, 0.3) is 0 Å². The molecule has 6 atom stereocenters. The second-order valence-electron chi connectivity index (χ2n) is 32.5. The Morgan fingerprint density at radius 1 is 0.274 bits per heavy atom. The molecule has 0 saturated heterocycles. The van der Waals surface area contributed by atoms with Crippen molar-refractivity contribution in [3.63, 3.8) is 0 Å². The van der Waals surface area contributed by atoms with E-state index in [0.29, 0.717) is 31.6 Å². The smallest absolute Gasteiger partial charge is 0.462 e. The fraction of sp³-hybridized carbons (Fsp3) is 0.954. The molecular formula is C87H170O17P2. The van der Waals surface area contributed by atoms with Crippen LogP contribution >= 0.6 is 15.6 Å². The van der Waals surface area contributed by atoms with Gasteiger partial charge in [0.05, 0.1) is 26.4 Å². The van der Waals surface area contributed by atoms with E-state index in [1.807, 2.05) is 0 Å². The SMILES string of the molecule is CCCCCCCCCCCCCCCCCCCCCCC(=O)O[C@H](COC(=O)CCCCCCCCCCCCCCCCCCC(C)C)COP(=O)(O)OC[C@@H](O)COP(=O)(O)OC[C@@H](COC(=O)CCCCCCCCC(C)C)OC(=O)CCCCCCCCCCCCCCCCC(C)CC. The monoisotopic (exact) mass is 1550 g/mol. The summed E-state index contributed by atoms with van der Waals surface area (Å²) >= 11 is 0. The van der Waals surface area contributed by atoms with E-state index < -0.39 is 97.5 Å². The first kappa shape index (κ1) is 104. The lowest BCUT2D eigenvalue weighted by atomic mass is 9.99. The van der Waals surface area contributed by atoms with Crippen LogP contribution in [-0.4, -0.2) is 96.7 Å². The number of rotatable bonds is 85. The zero-order valence-corrected chi connectivity index (χ0v) is 71.7. The van der Waals surface area contributed by atoms with E-state index in [-0.39, 0.29) is 25.7 Å². The van der Waals surface area contributed by atoms with Gasteiger partial charge in [0.15, 0.2) is 12.2 Å². The van der Waals surface area contributed by atoms with Crippen molar-refractivity contribution in [1.29, 1.82) is 0 Å². The van der Waals surface area contributed by atoms with Gasteiger partial charge < -0.3 is 33.8 Å². The highest BCUT2D eigenvalue weighted by Gasteiger charge is 2.31. The van der Waals surface area contributed by atoms with Gasteiger partial charge in [0.1, 0.15) is 19.3 Å². The Kier molecular flexibility index (Phi) is 75.6. The third-order valence-corrected chi connectivity index (χ3v) is 22.6. The van der Waals surface area contributed by atoms with Crippen molar-refractivity contribution in [2.75, 3.05) is 39.6 Å². The number of aliphatic hydroxyl groups excluding tert-OH is 1. The molecule has 0 aromatic rings. The highest BCUT2D eigenvalue weighted by atomic mass is 31.2. The van der Waals surface area contributed by atoms with Crippen molar-refractivity contribution in [2.24, 2.45) is 17.8 Å². The molecule has 0 aliphatic rings. The maximum atomic E-state index is 13.2. The maximum Gasteiger partial charge on any atom is 0.472 e. The molecule has 0 fully saturated rings. The second kappa shape index (κ2) is 77.0. The summed E-state index contributed by atoms with van der Waals surface area (Å²) in [4.78, 5) is 73.2. The average molecular weight is 1550 g/mol. The number of unbranched alkanes of at least 4 members (excludes halogenated alkanes) is 52. The number of ether oxygens (including phenoxy) is 4.